The first-order chi connectivity index (χ1) is 6.40. The van der Waals surface area contributed by atoms with Gasteiger partial charge in [0.1, 0.15) is 5.01 Å². The molecule has 0 aromatic carbocycles. The van der Waals surface area contributed by atoms with Crippen LogP contribution in [0.25, 0.3) is 5.57 Å². The highest BCUT2D eigenvalue weighted by atomic mass is 32.1. The van der Waals surface area contributed by atoms with Crippen molar-refractivity contribution in [1.29, 1.82) is 0 Å². The van der Waals surface area contributed by atoms with Gasteiger partial charge in [-0.05, 0) is 18.5 Å². The Hall–Kier alpha value is -0.710. The quantitative estimate of drug-likeness (QED) is 0.739. The van der Waals surface area contributed by atoms with E-state index in [-0.39, 0.29) is 0 Å². The third-order valence-corrected chi connectivity index (χ3v) is 3.20. The summed E-state index contributed by atoms with van der Waals surface area (Å²) in [6.07, 6.45) is 5.27. The average Bonchev–Trinajstić information content (AvgIpc) is 2.67. The first kappa shape index (κ1) is 8.87. The summed E-state index contributed by atoms with van der Waals surface area (Å²) >= 11 is 1.71. The molecule has 1 aliphatic heterocycles. The van der Waals surface area contributed by atoms with E-state index in [4.69, 9.17) is 5.73 Å². The number of nitrogens with two attached hydrogens (primary N) is 1. The third kappa shape index (κ3) is 1.96. The second kappa shape index (κ2) is 4.00. The minimum atomic E-state index is 0.552. The predicted molar refractivity (Wildman–Crippen MR) is 55.5 cm³/mol. The van der Waals surface area contributed by atoms with Gasteiger partial charge >= 0.3 is 0 Å². The molecular weight excluding hydrogens is 182 g/mol. The van der Waals surface area contributed by atoms with E-state index in [0.717, 1.165) is 24.5 Å². The average molecular weight is 195 g/mol. The van der Waals surface area contributed by atoms with Gasteiger partial charge in [0.2, 0.25) is 0 Å². The van der Waals surface area contributed by atoms with E-state index in [0.29, 0.717) is 6.54 Å². The van der Waals surface area contributed by atoms with Crippen LogP contribution in [0, 0.1) is 0 Å². The van der Waals surface area contributed by atoms with E-state index in [1.807, 2.05) is 6.20 Å². The van der Waals surface area contributed by atoms with Crippen LogP contribution in [-0.4, -0.2) is 18.1 Å². The van der Waals surface area contributed by atoms with Crippen LogP contribution in [0.2, 0.25) is 0 Å². The number of hydrogen-bond acceptors (Lipinski definition) is 4. The summed E-state index contributed by atoms with van der Waals surface area (Å²) in [7, 11) is 0. The number of hydrogen-bond donors (Lipinski definition) is 2. The van der Waals surface area contributed by atoms with E-state index in [1.54, 1.807) is 11.3 Å². The molecule has 0 spiro atoms. The van der Waals surface area contributed by atoms with E-state index in [1.165, 1.54) is 10.5 Å². The van der Waals surface area contributed by atoms with Gasteiger partial charge in [-0.3, -0.25) is 0 Å². The molecule has 0 aliphatic carbocycles. The fourth-order valence-corrected chi connectivity index (χ4v) is 2.26. The van der Waals surface area contributed by atoms with Crippen molar-refractivity contribution < 1.29 is 0 Å². The van der Waals surface area contributed by atoms with Crippen molar-refractivity contribution in [2.24, 2.45) is 5.73 Å². The Kier molecular flexibility index (Phi) is 2.73. The largest absolute Gasteiger partial charge is 0.325 e. The summed E-state index contributed by atoms with van der Waals surface area (Å²) in [5.74, 6) is 0. The van der Waals surface area contributed by atoms with Crippen LogP contribution >= 0.6 is 11.3 Å². The lowest BCUT2D eigenvalue weighted by Crippen LogP contribution is -2.19. The summed E-state index contributed by atoms with van der Waals surface area (Å²) in [4.78, 5) is 5.52. The molecule has 70 valence electrons. The SMILES string of the molecule is NCc1ncc(C2=CCNCC2)s1. The molecule has 13 heavy (non-hydrogen) atoms. The number of nitrogens with zero attached hydrogens (tertiary/aromatic N) is 1. The lowest BCUT2D eigenvalue weighted by atomic mass is 10.1. The molecule has 0 amide bonds. The molecule has 0 fully saturated rings. The zero-order valence-electron chi connectivity index (χ0n) is 7.42. The molecule has 3 nitrogen and oxygen atoms in total. The maximum absolute atomic E-state index is 5.51. The highest BCUT2D eigenvalue weighted by Gasteiger charge is 2.08. The molecule has 1 aromatic heterocycles. The third-order valence-electron chi connectivity index (χ3n) is 2.11. The van der Waals surface area contributed by atoms with Gasteiger partial charge in [-0.2, -0.15) is 0 Å². The Balaban J connectivity index is 2.19. The zero-order chi connectivity index (χ0) is 9.10. The summed E-state index contributed by atoms with van der Waals surface area (Å²) in [5.41, 5.74) is 6.92. The molecule has 0 saturated heterocycles. The van der Waals surface area contributed by atoms with Crippen LogP contribution in [0.15, 0.2) is 12.3 Å². The molecule has 0 radical (unpaired) electrons. The second-order valence-electron chi connectivity index (χ2n) is 3.01. The Bertz CT molecular complexity index is 316. The van der Waals surface area contributed by atoms with Crippen LogP contribution in [0.1, 0.15) is 16.3 Å². The van der Waals surface area contributed by atoms with Gasteiger partial charge in [0.05, 0.1) is 4.88 Å². The van der Waals surface area contributed by atoms with Crippen molar-refractivity contribution in [3.8, 4) is 0 Å². The van der Waals surface area contributed by atoms with E-state index in [9.17, 15) is 0 Å². The van der Waals surface area contributed by atoms with E-state index in [2.05, 4.69) is 16.4 Å². The lowest BCUT2D eigenvalue weighted by molar-refractivity contribution is 0.739. The van der Waals surface area contributed by atoms with Gasteiger partial charge in [-0.1, -0.05) is 6.08 Å². The van der Waals surface area contributed by atoms with Gasteiger partial charge in [0.15, 0.2) is 0 Å². The number of thiazole rings is 1. The summed E-state index contributed by atoms with van der Waals surface area (Å²) in [6.45, 7) is 2.60. The highest BCUT2D eigenvalue weighted by molar-refractivity contribution is 7.12. The standard InChI is InChI=1S/C9H13N3S/c10-5-9-12-6-8(13-9)7-1-3-11-4-2-7/h1,6,11H,2-5,10H2. The molecule has 0 bridgehead atoms. The maximum atomic E-state index is 5.51. The highest BCUT2D eigenvalue weighted by Crippen LogP contribution is 2.25. The summed E-state index contributed by atoms with van der Waals surface area (Å²) in [5, 5.41) is 4.31. The van der Waals surface area contributed by atoms with Gasteiger partial charge in [-0.15, -0.1) is 11.3 Å². The minimum Gasteiger partial charge on any atom is -0.325 e. The molecule has 3 N–H and O–H groups in total. The molecule has 1 aromatic rings. The minimum absolute atomic E-state index is 0.552. The first-order valence-electron chi connectivity index (χ1n) is 4.45. The summed E-state index contributed by atoms with van der Waals surface area (Å²) < 4.78 is 0. The fraction of sp³-hybridized carbons (Fsp3) is 0.444. The molecule has 2 heterocycles. The Morgan fingerprint density at radius 3 is 3.15 bits per heavy atom. The Morgan fingerprint density at radius 1 is 1.62 bits per heavy atom. The van der Waals surface area contributed by atoms with Crippen molar-refractivity contribution in [3.05, 3.63) is 22.2 Å². The van der Waals surface area contributed by atoms with Crippen LogP contribution in [0.3, 0.4) is 0 Å². The fourth-order valence-electron chi connectivity index (χ4n) is 1.40. The number of nitrogens with one attached hydrogen (secondary N) is 1. The van der Waals surface area contributed by atoms with Gasteiger partial charge in [-0.25, -0.2) is 4.98 Å². The summed E-state index contributed by atoms with van der Waals surface area (Å²) in [6, 6.07) is 0. The Labute approximate surface area is 81.7 Å². The molecule has 1 aliphatic rings. The lowest BCUT2D eigenvalue weighted by Gasteiger charge is -2.11. The predicted octanol–water partition coefficient (Wildman–Crippen LogP) is 0.978. The van der Waals surface area contributed by atoms with Crippen molar-refractivity contribution >= 4 is 16.9 Å². The zero-order valence-corrected chi connectivity index (χ0v) is 8.23. The first-order valence-corrected chi connectivity index (χ1v) is 5.26. The van der Waals surface area contributed by atoms with Crippen molar-refractivity contribution in [3.63, 3.8) is 0 Å². The molecule has 2 rings (SSSR count). The van der Waals surface area contributed by atoms with Crippen molar-refractivity contribution in [1.82, 2.24) is 10.3 Å². The number of aromatic nitrogens is 1. The van der Waals surface area contributed by atoms with Gasteiger partial charge < -0.3 is 11.1 Å². The Morgan fingerprint density at radius 2 is 2.54 bits per heavy atom. The van der Waals surface area contributed by atoms with Gasteiger partial charge in [0, 0.05) is 19.3 Å². The second-order valence-corrected chi connectivity index (χ2v) is 4.12. The topological polar surface area (TPSA) is 50.9 Å². The van der Waals surface area contributed by atoms with E-state index < -0.39 is 0 Å². The van der Waals surface area contributed by atoms with Crippen molar-refractivity contribution in [2.75, 3.05) is 13.1 Å². The molecule has 0 saturated carbocycles. The van der Waals surface area contributed by atoms with Gasteiger partial charge in [0.25, 0.3) is 0 Å². The smallest absolute Gasteiger partial charge is 0.107 e. The van der Waals surface area contributed by atoms with Crippen molar-refractivity contribution in [2.45, 2.75) is 13.0 Å². The molecular formula is C9H13N3S. The van der Waals surface area contributed by atoms with E-state index >= 15 is 0 Å². The normalized spacial score (nSPS) is 17.2. The van der Waals surface area contributed by atoms with Crippen LogP contribution in [0.5, 0.6) is 0 Å². The molecule has 0 atom stereocenters. The van der Waals surface area contributed by atoms with Crippen LogP contribution in [-0.2, 0) is 6.54 Å². The van der Waals surface area contributed by atoms with Crippen LogP contribution in [0.4, 0.5) is 0 Å². The van der Waals surface area contributed by atoms with Crippen LogP contribution < -0.4 is 11.1 Å². The number of rotatable bonds is 2. The maximum Gasteiger partial charge on any atom is 0.107 e. The molecule has 4 heteroatoms. The molecule has 0 unspecified atom stereocenters. The monoisotopic (exact) mass is 195 g/mol.